The van der Waals surface area contributed by atoms with Crippen molar-refractivity contribution in [2.45, 2.75) is 38.1 Å². The van der Waals surface area contributed by atoms with Gasteiger partial charge >= 0.3 is 0 Å². The molecule has 0 heterocycles. The molecule has 4 atom stereocenters. The SMILES string of the molecule is COc1ccc(C(CC2CC3CCC2C3)NN)cc1F. The molecule has 110 valence electrons. The number of benzene rings is 1. The molecule has 2 fully saturated rings. The standard InChI is InChI=1S/C16H23FN2O/c1-20-16-5-4-12(8-14(16)17)15(19-18)9-13-7-10-2-3-11(13)6-10/h4-5,8,10-11,13,15,19H,2-3,6-7,9,18H2,1H3. The zero-order valence-electron chi connectivity index (χ0n) is 11.9. The highest BCUT2D eigenvalue weighted by Gasteiger charge is 2.40. The molecule has 4 unspecified atom stereocenters. The number of hydrogen-bond acceptors (Lipinski definition) is 3. The van der Waals surface area contributed by atoms with Crippen molar-refractivity contribution < 1.29 is 9.13 Å². The second-order valence-corrected chi connectivity index (χ2v) is 6.28. The van der Waals surface area contributed by atoms with Gasteiger partial charge in [-0.3, -0.25) is 11.3 Å². The fraction of sp³-hybridized carbons (Fsp3) is 0.625. The average molecular weight is 278 g/mol. The summed E-state index contributed by atoms with van der Waals surface area (Å²) in [6, 6.07) is 5.14. The minimum absolute atomic E-state index is 0.0276. The molecule has 1 aromatic rings. The lowest BCUT2D eigenvalue weighted by atomic mass is 9.83. The zero-order chi connectivity index (χ0) is 14.1. The molecular weight excluding hydrogens is 255 g/mol. The summed E-state index contributed by atoms with van der Waals surface area (Å²) in [5, 5.41) is 0. The monoisotopic (exact) mass is 278 g/mol. The fourth-order valence-electron chi connectivity index (χ4n) is 4.17. The molecule has 20 heavy (non-hydrogen) atoms. The van der Waals surface area contributed by atoms with Gasteiger partial charge in [0.1, 0.15) is 0 Å². The van der Waals surface area contributed by atoms with Crippen molar-refractivity contribution in [2.75, 3.05) is 7.11 Å². The predicted octanol–water partition coefficient (Wildman–Crippen LogP) is 3.17. The third-order valence-electron chi connectivity index (χ3n) is 5.20. The number of nitrogens with one attached hydrogen (secondary N) is 1. The number of methoxy groups -OCH3 is 1. The maximum absolute atomic E-state index is 13.8. The quantitative estimate of drug-likeness (QED) is 0.642. The molecule has 0 aliphatic heterocycles. The van der Waals surface area contributed by atoms with Crippen molar-refractivity contribution in [3.05, 3.63) is 29.6 Å². The molecule has 3 nitrogen and oxygen atoms in total. The van der Waals surface area contributed by atoms with E-state index in [-0.39, 0.29) is 17.6 Å². The van der Waals surface area contributed by atoms with Crippen molar-refractivity contribution in [1.82, 2.24) is 5.43 Å². The summed E-state index contributed by atoms with van der Waals surface area (Å²) in [4.78, 5) is 0. The summed E-state index contributed by atoms with van der Waals surface area (Å²) in [5.41, 5.74) is 3.77. The first-order valence-corrected chi connectivity index (χ1v) is 7.50. The fourth-order valence-corrected chi connectivity index (χ4v) is 4.17. The van der Waals surface area contributed by atoms with Gasteiger partial charge in [0.05, 0.1) is 7.11 Å². The molecule has 0 amide bonds. The smallest absolute Gasteiger partial charge is 0.165 e. The van der Waals surface area contributed by atoms with Gasteiger partial charge in [-0.1, -0.05) is 12.5 Å². The van der Waals surface area contributed by atoms with Gasteiger partial charge in [-0.05, 0) is 61.1 Å². The number of hydrazine groups is 1. The van der Waals surface area contributed by atoms with Crippen molar-refractivity contribution in [2.24, 2.45) is 23.6 Å². The molecule has 0 spiro atoms. The number of hydrogen-bond donors (Lipinski definition) is 2. The lowest BCUT2D eigenvalue weighted by molar-refractivity contribution is 0.279. The summed E-state index contributed by atoms with van der Waals surface area (Å²) in [7, 11) is 1.48. The summed E-state index contributed by atoms with van der Waals surface area (Å²) < 4.78 is 18.8. The van der Waals surface area contributed by atoms with Crippen molar-refractivity contribution in [3.63, 3.8) is 0 Å². The Hall–Kier alpha value is -1.13. The Labute approximate surface area is 119 Å². The Bertz CT molecular complexity index is 480. The maximum atomic E-state index is 13.8. The van der Waals surface area contributed by atoms with E-state index in [1.807, 2.05) is 6.07 Å². The summed E-state index contributed by atoms with van der Waals surface area (Å²) in [5.74, 6) is 8.18. The van der Waals surface area contributed by atoms with Crippen LogP contribution in [0.1, 0.15) is 43.7 Å². The van der Waals surface area contributed by atoms with Crippen LogP contribution in [0.15, 0.2) is 18.2 Å². The van der Waals surface area contributed by atoms with Crippen LogP contribution in [-0.4, -0.2) is 7.11 Å². The Morgan fingerprint density at radius 2 is 2.25 bits per heavy atom. The normalized spacial score (nSPS) is 29.6. The van der Waals surface area contributed by atoms with E-state index in [1.54, 1.807) is 6.07 Å². The topological polar surface area (TPSA) is 47.3 Å². The molecule has 4 heteroatoms. The highest BCUT2D eigenvalue weighted by Crippen LogP contribution is 2.50. The molecule has 2 saturated carbocycles. The first-order chi connectivity index (χ1) is 9.71. The van der Waals surface area contributed by atoms with Gasteiger partial charge < -0.3 is 4.74 Å². The Morgan fingerprint density at radius 3 is 2.80 bits per heavy atom. The van der Waals surface area contributed by atoms with Crippen LogP contribution in [0.25, 0.3) is 0 Å². The molecule has 2 aliphatic rings. The Kier molecular flexibility index (Phi) is 3.94. The van der Waals surface area contributed by atoms with Crippen LogP contribution in [0.3, 0.4) is 0 Å². The molecular formula is C16H23FN2O. The summed E-state index contributed by atoms with van der Waals surface area (Å²) >= 11 is 0. The van der Waals surface area contributed by atoms with Crippen LogP contribution in [0, 0.1) is 23.6 Å². The van der Waals surface area contributed by atoms with Crippen LogP contribution >= 0.6 is 0 Å². The van der Waals surface area contributed by atoms with Crippen LogP contribution in [0.4, 0.5) is 4.39 Å². The van der Waals surface area contributed by atoms with Crippen molar-refractivity contribution in [1.29, 1.82) is 0 Å². The minimum Gasteiger partial charge on any atom is -0.494 e. The summed E-state index contributed by atoms with van der Waals surface area (Å²) in [6.45, 7) is 0. The van der Waals surface area contributed by atoms with E-state index < -0.39 is 0 Å². The molecule has 2 bridgehead atoms. The number of nitrogens with two attached hydrogens (primary N) is 1. The van der Waals surface area contributed by atoms with Crippen LogP contribution < -0.4 is 16.0 Å². The van der Waals surface area contributed by atoms with E-state index in [0.717, 1.165) is 29.7 Å². The molecule has 3 rings (SSSR count). The molecule has 1 aromatic carbocycles. The van der Waals surface area contributed by atoms with Gasteiger partial charge in [0, 0.05) is 6.04 Å². The van der Waals surface area contributed by atoms with Crippen LogP contribution in [-0.2, 0) is 0 Å². The van der Waals surface area contributed by atoms with Crippen LogP contribution in [0.5, 0.6) is 5.75 Å². The van der Waals surface area contributed by atoms with Gasteiger partial charge in [-0.25, -0.2) is 4.39 Å². The zero-order valence-corrected chi connectivity index (χ0v) is 11.9. The van der Waals surface area contributed by atoms with E-state index in [9.17, 15) is 4.39 Å². The van der Waals surface area contributed by atoms with Gasteiger partial charge in [0.2, 0.25) is 0 Å². The van der Waals surface area contributed by atoms with Crippen LogP contribution in [0.2, 0.25) is 0 Å². The molecule has 2 aliphatic carbocycles. The van der Waals surface area contributed by atoms with Gasteiger partial charge in [-0.2, -0.15) is 0 Å². The molecule has 0 radical (unpaired) electrons. The lowest BCUT2D eigenvalue weighted by Gasteiger charge is -2.26. The number of ether oxygens (including phenoxy) is 1. The predicted molar refractivity (Wildman–Crippen MR) is 76.6 cm³/mol. The van der Waals surface area contributed by atoms with E-state index in [1.165, 1.54) is 38.9 Å². The number of halogens is 1. The average Bonchev–Trinajstić information content (AvgIpc) is 3.07. The second-order valence-electron chi connectivity index (χ2n) is 6.28. The molecule has 0 aromatic heterocycles. The first kappa shape index (κ1) is 13.8. The van der Waals surface area contributed by atoms with E-state index >= 15 is 0 Å². The van der Waals surface area contributed by atoms with Gasteiger partial charge in [-0.15, -0.1) is 0 Å². The second kappa shape index (κ2) is 5.70. The third kappa shape index (κ3) is 2.54. The van der Waals surface area contributed by atoms with Crippen molar-refractivity contribution in [3.8, 4) is 5.75 Å². The first-order valence-electron chi connectivity index (χ1n) is 7.50. The lowest BCUT2D eigenvalue weighted by Crippen LogP contribution is -2.30. The maximum Gasteiger partial charge on any atom is 0.165 e. The number of fused-ring (bicyclic) bond motifs is 2. The van der Waals surface area contributed by atoms with Gasteiger partial charge in [0.15, 0.2) is 11.6 Å². The highest BCUT2D eigenvalue weighted by molar-refractivity contribution is 5.31. The largest absolute Gasteiger partial charge is 0.494 e. The van der Waals surface area contributed by atoms with Gasteiger partial charge in [0.25, 0.3) is 0 Å². The minimum atomic E-state index is -0.321. The van der Waals surface area contributed by atoms with Crippen molar-refractivity contribution >= 4 is 0 Å². The Balaban J connectivity index is 1.71. The third-order valence-corrected chi connectivity index (χ3v) is 5.20. The Morgan fingerprint density at radius 1 is 1.40 bits per heavy atom. The molecule has 3 N–H and O–H groups in total. The van der Waals surface area contributed by atoms with E-state index in [2.05, 4.69) is 5.43 Å². The molecule has 0 saturated heterocycles. The van der Waals surface area contributed by atoms with E-state index in [0.29, 0.717) is 0 Å². The number of rotatable bonds is 5. The van der Waals surface area contributed by atoms with E-state index in [4.69, 9.17) is 10.6 Å². The highest BCUT2D eigenvalue weighted by atomic mass is 19.1. The summed E-state index contributed by atoms with van der Waals surface area (Å²) in [6.07, 6.45) is 6.48.